The zero-order valence-corrected chi connectivity index (χ0v) is 26.9. The molecule has 1 saturated heterocycles. The zero-order chi connectivity index (χ0) is 32.6. The first-order valence-corrected chi connectivity index (χ1v) is 16.8. The predicted molar refractivity (Wildman–Crippen MR) is 168 cm³/mol. The number of carboxylic acids is 1. The molecule has 14 heteroatoms. The maximum atomic E-state index is 13.3. The summed E-state index contributed by atoms with van der Waals surface area (Å²) in [5, 5.41) is 18.6. The Balaban J connectivity index is 1.32. The van der Waals surface area contributed by atoms with Gasteiger partial charge in [-0.1, -0.05) is 43.0 Å². The van der Waals surface area contributed by atoms with Crippen molar-refractivity contribution in [2.75, 3.05) is 31.6 Å². The maximum Gasteiger partial charge on any atom is 0.323 e. The van der Waals surface area contributed by atoms with Crippen molar-refractivity contribution in [3.05, 3.63) is 53.2 Å². The number of likely N-dealkylation sites (tertiary alicyclic amines) is 1. The number of ether oxygens (including phenoxy) is 1. The van der Waals surface area contributed by atoms with E-state index in [1.807, 2.05) is 25.1 Å². The van der Waals surface area contributed by atoms with Gasteiger partial charge in [0.1, 0.15) is 18.5 Å². The predicted octanol–water partition coefficient (Wildman–Crippen LogP) is 2.47. The summed E-state index contributed by atoms with van der Waals surface area (Å²) in [6.07, 6.45) is 7.00. The number of sulfonamides is 1. The van der Waals surface area contributed by atoms with E-state index in [0.29, 0.717) is 29.9 Å². The number of carbonyl (C=O) groups excluding carboxylic acids is 2. The van der Waals surface area contributed by atoms with Crippen LogP contribution in [0.2, 0.25) is 0 Å². The van der Waals surface area contributed by atoms with E-state index < -0.39 is 40.6 Å². The highest BCUT2D eigenvalue weighted by Gasteiger charge is 2.37. The molecule has 2 heterocycles. The molecule has 3 atom stereocenters. The summed E-state index contributed by atoms with van der Waals surface area (Å²) in [6, 6.07) is 7.12. The van der Waals surface area contributed by atoms with Crippen LogP contribution in [0, 0.1) is 20.8 Å². The third kappa shape index (κ3) is 9.62. The first-order chi connectivity index (χ1) is 21.4. The Morgan fingerprint density at radius 1 is 1.09 bits per heavy atom. The summed E-state index contributed by atoms with van der Waals surface area (Å²) in [6.45, 7) is 5.01. The lowest BCUT2D eigenvalue weighted by molar-refractivity contribution is -0.139. The number of carbonyl (C=O) groups is 3. The number of nitrogens with zero attached hydrogens (tertiary/aromatic N) is 2. The normalized spacial score (nSPS) is 19.6. The number of benzene rings is 1. The van der Waals surface area contributed by atoms with Crippen molar-refractivity contribution in [3.8, 4) is 0 Å². The number of amides is 3. The first-order valence-electron chi connectivity index (χ1n) is 15.4. The molecule has 0 spiro atoms. The van der Waals surface area contributed by atoms with Crippen molar-refractivity contribution < 1.29 is 32.6 Å². The number of urea groups is 1. The second-order valence-electron chi connectivity index (χ2n) is 11.9. The molecule has 4 rings (SSSR count). The molecule has 2 aromatic rings. The summed E-state index contributed by atoms with van der Waals surface area (Å²) in [7, 11) is -4.18. The minimum absolute atomic E-state index is 0.0133. The fourth-order valence-corrected chi connectivity index (χ4v) is 7.75. The molecule has 1 aliphatic carbocycles. The van der Waals surface area contributed by atoms with Gasteiger partial charge in [-0.3, -0.25) is 9.59 Å². The molecule has 0 radical (unpaired) electrons. The van der Waals surface area contributed by atoms with Gasteiger partial charge in [0.15, 0.2) is 0 Å². The maximum absolute atomic E-state index is 13.3. The smallest absolute Gasteiger partial charge is 0.323 e. The molecule has 13 nitrogen and oxygen atoms in total. The van der Waals surface area contributed by atoms with Crippen LogP contribution >= 0.6 is 0 Å². The fraction of sp³-hybridized carbons (Fsp3) is 0.548. The van der Waals surface area contributed by atoms with Crippen molar-refractivity contribution in [3.63, 3.8) is 0 Å². The topological polar surface area (TPSA) is 179 Å². The fourth-order valence-electron chi connectivity index (χ4n) is 6.11. The number of nitrogens with one attached hydrogen (secondary N) is 4. The Morgan fingerprint density at radius 3 is 2.44 bits per heavy atom. The van der Waals surface area contributed by atoms with Crippen molar-refractivity contribution in [2.45, 2.75) is 88.4 Å². The van der Waals surface area contributed by atoms with E-state index in [4.69, 9.17) is 4.74 Å². The van der Waals surface area contributed by atoms with Crippen LogP contribution in [0.25, 0.3) is 0 Å². The van der Waals surface area contributed by atoms with Gasteiger partial charge in [0.05, 0.1) is 17.0 Å². The van der Waals surface area contributed by atoms with E-state index in [0.717, 1.165) is 31.2 Å². The first kappa shape index (κ1) is 34.1. The molecule has 2 fully saturated rings. The minimum Gasteiger partial charge on any atom is -0.480 e. The average Bonchev–Trinajstić information content (AvgIpc) is 3.40. The second-order valence-corrected chi connectivity index (χ2v) is 13.6. The number of aliphatic carboxylic acids is 1. The van der Waals surface area contributed by atoms with Gasteiger partial charge in [-0.25, -0.2) is 18.2 Å². The van der Waals surface area contributed by atoms with Crippen molar-refractivity contribution in [1.29, 1.82) is 0 Å². The number of hydrogen-bond donors (Lipinski definition) is 5. The van der Waals surface area contributed by atoms with Gasteiger partial charge in [0.2, 0.25) is 15.9 Å². The summed E-state index contributed by atoms with van der Waals surface area (Å²) in [5.74, 6) is -1.34. The van der Waals surface area contributed by atoms with Gasteiger partial charge >= 0.3 is 12.0 Å². The molecule has 1 aromatic carbocycles. The molecule has 3 unspecified atom stereocenters. The SMILES string of the molecule is Cc1cc(C)c(S(=O)(=O)NC(CNC(=O)COC2CC(CNc3ccccn3)N(C(=O)NC3CCCCC3)C2)C(=O)O)c(C)c1. The van der Waals surface area contributed by atoms with Crippen LogP contribution in [0.15, 0.2) is 41.4 Å². The standard InChI is InChI=1S/C31H44N6O7S/c1-20-13-21(2)29(22(3)14-20)45(42,43)36-26(30(39)40)17-34-28(38)19-44-25-15-24(16-33-27-11-7-8-12-32-27)37(18-25)31(41)35-23-9-5-4-6-10-23/h7-8,11-14,23-26,36H,4-6,9-10,15-19H2,1-3H3,(H,32,33)(H,34,38)(H,35,41)(H,39,40). The Kier molecular flexibility index (Phi) is 11.8. The van der Waals surface area contributed by atoms with Crippen LogP contribution in [0.4, 0.5) is 10.6 Å². The minimum atomic E-state index is -4.18. The van der Waals surface area contributed by atoms with E-state index in [1.54, 1.807) is 37.1 Å². The highest BCUT2D eigenvalue weighted by molar-refractivity contribution is 7.89. The number of rotatable bonds is 13. The number of hydrogen-bond acceptors (Lipinski definition) is 8. The van der Waals surface area contributed by atoms with Crippen molar-refractivity contribution in [2.24, 2.45) is 0 Å². The Morgan fingerprint density at radius 2 is 1.80 bits per heavy atom. The zero-order valence-electron chi connectivity index (χ0n) is 26.0. The molecule has 1 saturated carbocycles. The van der Waals surface area contributed by atoms with Crippen LogP contribution in [-0.2, 0) is 24.3 Å². The summed E-state index contributed by atoms with van der Waals surface area (Å²) < 4.78 is 34.2. The summed E-state index contributed by atoms with van der Waals surface area (Å²) >= 11 is 0. The van der Waals surface area contributed by atoms with Gasteiger partial charge in [0.25, 0.3) is 0 Å². The van der Waals surface area contributed by atoms with E-state index >= 15 is 0 Å². The molecular formula is C31H44N6O7S. The third-order valence-electron chi connectivity index (χ3n) is 8.18. The lowest BCUT2D eigenvalue weighted by atomic mass is 9.96. The van der Waals surface area contributed by atoms with Gasteiger partial charge < -0.3 is 30.7 Å². The van der Waals surface area contributed by atoms with E-state index in [9.17, 15) is 27.9 Å². The number of anilines is 1. The van der Waals surface area contributed by atoms with Gasteiger partial charge in [-0.15, -0.1) is 0 Å². The molecule has 0 bridgehead atoms. The quantitative estimate of drug-likeness (QED) is 0.219. The number of aromatic nitrogens is 1. The Labute approximate surface area is 264 Å². The van der Waals surface area contributed by atoms with Crippen LogP contribution in [0.3, 0.4) is 0 Å². The number of carboxylic acid groups (broad SMARTS) is 1. The number of pyridine rings is 1. The Hall–Kier alpha value is -3.75. The van der Waals surface area contributed by atoms with E-state index in [-0.39, 0.29) is 36.2 Å². The lowest BCUT2D eigenvalue weighted by Gasteiger charge is -2.29. The molecule has 1 aromatic heterocycles. The molecular weight excluding hydrogens is 600 g/mol. The molecule has 5 N–H and O–H groups in total. The van der Waals surface area contributed by atoms with Crippen LogP contribution in [-0.4, -0.2) is 91.8 Å². The van der Waals surface area contributed by atoms with Gasteiger partial charge in [0, 0.05) is 31.9 Å². The third-order valence-corrected chi connectivity index (χ3v) is 9.95. The van der Waals surface area contributed by atoms with Crippen LogP contribution in [0.5, 0.6) is 0 Å². The van der Waals surface area contributed by atoms with Gasteiger partial charge in [-0.05, 0) is 63.3 Å². The number of aryl methyl sites for hydroxylation is 3. The Bertz CT molecular complexity index is 1430. The van der Waals surface area contributed by atoms with E-state index in [1.165, 1.54) is 6.42 Å². The van der Waals surface area contributed by atoms with Crippen molar-refractivity contribution in [1.82, 2.24) is 25.2 Å². The summed E-state index contributed by atoms with van der Waals surface area (Å²) in [4.78, 5) is 43.8. The summed E-state index contributed by atoms with van der Waals surface area (Å²) in [5.41, 5.74) is 1.87. The largest absolute Gasteiger partial charge is 0.480 e. The molecule has 3 amide bonds. The van der Waals surface area contributed by atoms with Crippen LogP contribution < -0.4 is 20.7 Å². The average molecular weight is 645 g/mol. The molecule has 246 valence electrons. The van der Waals surface area contributed by atoms with E-state index in [2.05, 4.69) is 25.7 Å². The molecule has 45 heavy (non-hydrogen) atoms. The monoisotopic (exact) mass is 644 g/mol. The highest BCUT2D eigenvalue weighted by Crippen LogP contribution is 2.24. The van der Waals surface area contributed by atoms with Crippen LogP contribution in [0.1, 0.15) is 55.2 Å². The second kappa shape index (κ2) is 15.5. The van der Waals surface area contributed by atoms with Gasteiger partial charge in [-0.2, -0.15) is 4.72 Å². The molecule has 2 aliphatic rings. The lowest BCUT2D eigenvalue weighted by Crippen LogP contribution is -2.49. The van der Waals surface area contributed by atoms with Crippen molar-refractivity contribution >= 4 is 33.7 Å². The highest BCUT2D eigenvalue weighted by atomic mass is 32.2. The molecule has 1 aliphatic heterocycles.